The largest absolute Gasteiger partial charge is 0.496 e. The highest BCUT2D eigenvalue weighted by atomic mass is 35.5. The Labute approximate surface area is 108 Å². The van der Waals surface area contributed by atoms with Gasteiger partial charge in [-0.25, -0.2) is 4.39 Å². The number of benzene rings is 1. The van der Waals surface area contributed by atoms with Crippen molar-refractivity contribution in [3.8, 4) is 17.1 Å². The molecule has 0 saturated heterocycles. The number of aryl methyl sites for hydroxylation is 1. The summed E-state index contributed by atoms with van der Waals surface area (Å²) in [6.45, 7) is 1.83. The van der Waals surface area contributed by atoms with Crippen LogP contribution in [0.5, 0.6) is 5.75 Å². The zero-order chi connectivity index (χ0) is 13.3. The molecule has 0 fully saturated rings. The van der Waals surface area contributed by atoms with Crippen molar-refractivity contribution in [1.82, 2.24) is 10.1 Å². The Hall–Kier alpha value is -1.66. The molecule has 0 aliphatic rings. The van der Waals surface area contributed by atoms with Gasteiger partial charge in [0.2, 0.25) is 11.7 Å². The third-order valence-corrected chi connectivity index (χ3v) is 2.70. The van der Waals surface area contributed by atoms with Crippen molar-refractivity contribution in [2.24, 2.45) is 5.73 Å². The molecule has 0 unspecified atom stereocenters. The first-order chi connectivity index (χ1) is 8.58. The lowest BCUT2D eigenvalue weighted by atomic mass is 10.1. The summed E-state index contributed by atoms with van der Waals surface area (Å²) in [5, 5.41) is 3.64. The van der Waals surface area contributed by atoms with Crippen molar-refractivity contribution in [2.75, 3.05) is 7.11 Å². The number of halogens is 2. The number of hydrogen-bond acceptors (Lipinski definition) is 5. The average Bonchev–Trinajstić information content (AvgIpc) is 2.81. The Kier molecular flexibility index (Phi) is 3.49. The highest BCUT2D eigenvalue weighted by molar-refractivity contribution is 6.31. The van der Waals surface area contributed by atoms with Gasteiger partial charge in [-0.3, -0.25) is 0 Å². The van der Waals surface area contributed by atoms with Crippen molar-refractivity contribution in [3.63, 3.8) is 0 Å². The van der Waals surface area contributed by atoms with E-state index < -0.39 is 5.82 Å². The SMILES string of the molecule is COc1c(C)cc(Cl)c(F)c1-c1noc(CN)n1. The van der Waals surface area contributed by atoms with E-state index in [2.05, 4.69) is 10.1 Å². The number of nitrogens with two attached hydrogens (primary N) is 1. The van der Waals surface area contributed by atoms with Crippen LogP contribution in [-0.2, 0) is 6.54 Å². The Morgan fingerprint density at radius 3 is 2.83 bits per heavy atom. The molecule has 0 amide bonds. The van der Waals surface area contributed by atoms with Crippen LogP contribution in [0.4, 0.5) is 4.39 Å². The zero-order valence-corrected chi connectivity index (χ0v) is 10.6. The van der Waals surface area contributed by atoms with Crippen LogP contribution in [0.2, 0.25) is 5.02 Å². The third-order valence-electron chi connectivity index (χ3n) is 2.43. The van der Waals surface area contributed by atoms with Crippen molar-refractivity contribution in [3.05, 3.63) is 28.4 Å². The van der Waals surface area contributed by atoms with E-state index in [1.54, 1.807) is 6.92 Å². The molecule has 96 valence electrons. The summed E-state index contributed by atoms with van der Waals surface area (Å²) in [5.74, 6) is -0.0516. The van der Waals surface area contributed by atoms with Gasteiger partial charge in [0, 0.05) is 0 Å². The van der Waals surface area contributed by atoms with Crippen LogP contribution in [0, 0.1) is 12.7 Å². The Morgan fingerprint density at radius 1 is 1.56 bits per heavy atom. The molecule has 2 N–H and O–H groups in total. The van der Waals surface area contributed by atoms with E-state index in [4.69, 9.17) is 26.6 Å². The molecule has 2 rings (SSSR count). The van der Waals surface area contributed by atoms with Gasteiger partial charge in [0.15, 0.2) is 5.82 Å². The van der Waals surface area contributed by atoms with Gasteiger partial charge in [-0.05, 0) is 18.6 Å². The fourth-order valence-corrected chi connectivity index (χ4v) is 1.90. The van der Waals surface area contributed by atoms with E-state index in [0.717, 1.165) is 0 Å². The standard InChI is InChI=1S/C11H11ClFN3O2/c1-5-3-6(12)9(13)8(10(5)17-2)11-15-7(4-14)18-16-11/h3H,4,14H2,1-2H3. The number of aromatic nitrogens is 2. The Morgan fingerprint density at radius 2 is 2.28 bits per heavy atom. The molecule has 1 aromatic carbocycles. The monoisotopic (exact) mass is 271 g/mol. The molecule has 1 heterocycles. The van der Waals surface area contributed by atoms with Crippen LogP contribution in [0.25, 0.3) is 11.4 Å². The molecule has 7 heteroatoms. The van der Waals surface area contributed by atoms with Gasteiger partial charge >= 0.3 is 0 Å². The number of rotatable bonds is 3. The molecular formula is C11H11ClFN3O2. The van der Waals surface area contributed by atoms with Crippen molar-refractivity contribution < 1.29 is 13.7 Å². The summed E-state index contributed by atoms with van der Waals surface area (Å²) in [5.41, 5.74) is 6.12. The highest BCUT2D eigenvalue weighted by Crippen LogP contribution is 2.37. The van der Waals surface area contributed by atoms with Crippen molar-refractivity contribution in [1.29, 1.82) is 0 Å². The maximum absolute atomic E-state index is 14.1. The van der Waals surface area contributed by atoms with Crippen molar-refractivity contribution in [2.45, 2.75) is 13.5 Å². The number of ether oxygens (including phenoxy) is 1. The lowest BCUT2D eigenvalue weighted by molar-refractivity contribution is 0.379. The smallest absolute Gasteiger partial charge is 0.240 e. The van der Waals surface area contributed by atoms with E-state index in [1.165, 1.54) is 13.2 Å². The van der Waals surface area contributed by atoms with Gasteiger partial charge in [-0.1, -0.05) is 16.8 Å². The second kappa shape index (κ2) is 4.91. The minimum absolute atomic E-state index is 0.0256. The molecule has 0 aliphatic carbocycles. The minimum atomic E-state index is -0.650. The molecule has 18 heavy (non-hydrogen) atoms. The van der Waals surface area contributed by atoms with Crippen LogP contribution in [0.1, 0.15) is 11.5 Å². The number of hydrogen-bond donors (Lipinski definition) is 1. The lowest BCUT2D eigenvalue weighted by Crippen LogP contribution is -1.98. The first kappa shape index (κ1) is 12.8. The molecule has 1 aromatic heterocycles. The van der Waals surface area contributed by atoms with Crippen LogP contribution in [0.3, 0.4) is 0 Å². The van der Waals surface area contributed by atoms with Gasteiger partial charge in [0.05, 0.1) is 18.7 Å². The van der Waals surface area contributed by atoms with Gasteiger partial charge < -0.3 is 15.0 Å². The van der Waals surface area contributed by atoms with E-state index in [0.29, 0.717) is 11.3 Å². The molecule has 0 spiro atoms. The number of methoxy groups -OCH3 is 1. The highest BCUT2D eigenvalue weighted by Gasteiger charge is 2.22. The van der Waals surface area contributed by atoms with Crippen LogP contribution in [0.15, 0.2) is 10.6 Å². The van der Waals surface area contributed by atoms with E-state index in [-0.39, 0.29) is 28.8 Å². The second-order valence-corrected chi connectivity index (χ2v) is 4.02. The Balaban J connectivity index is 2.68. The van der Waals surface area contributed by atoms with Gasteiger partial charge in [0.1, 0.15) is 11.3 Å². The maximum Gasteiger partial charge on any atom is 0.240 e. The van der Waals surface area contributed by atoms with E-state index in [1.807, 2.05) is 0 Å². The van der Waals surface area contributed by atoms with E-state index >= 15 is 0 Å². The van der Waals surface area contributed by atoms with Crippen molar-refractivity contribution >= 4 is 11.6 Å². The predicted octanol–water partition coefficient (Wildman–Crippen LogP) is 2.30. The number of nitrogens with zero attached hydrogens (tertiary/aromatic N) is 2. The molecule has 0 atom stereocenters. The summed E-state index contributed by atoms with van der Waals surface area (Å²) in [4.78, 5) is 3.97. The molecule has 2 aromatic rings. The first-order valence-electron chi connectivity index (χ1n) is 5.14. The van der Waals surface area contributed by atoms with Crippen LogP contribution < -0.4 is 10.5 Å². The van der Waals surface area contributed by atoms with Gasteiger partial charge in [0.25, 0.3) is 0 Å². The lowest BCUT2D eigenvalue weighted by Gasteiger charge is -2.10. The molecule has 0 saturated carbocycles. The molecule has 0 aliphatic heterocycles. The summed E-state index contributed by atoms with van der Waals surface area (Å²) in [7, 11) is 1.43. The zero-order valence-electron chi connectivity index (χ0n) is 9.83. The Bertz CT molecular complexity index is 586. The van der Waals surface area contributed by atoms with Crippen LogP contribution in [-0.4, -0.2) is 17.3 Å². The normalized spacial score (nSPS) is 10.7. The molecule has 0 bridgehead atoms. The van der Waals surface area contributed by atoms with Gasteiger partial charge in [-0.15, -0.1) is 0 Å². The van der Waals surface area contributed by atoms with Crippen LogP contribution >= 0.6 is 11.6 Å². The minimum Gasteiger partial charge on any atom is -0.496 e. The first-order valence-corrected chi connectivity index (χ1v) is 5.51. The molecule has 0 radical (unpaired) electrons. The molecular weight excluding hydrogens is 261 g/mol. The summed E-state index contributed by atoms with van der Waals surface area (Å²) in [6, 6.07) is 1.48. The van der Waals surface area contributed by atoms with Gasteiger partial charge in [-0.2, -0.15) is 4.98 Å². The average molecular weight is 272 g/mol. The summed E-state index contributed by atoms with van der Waals surface area (Å²) >= 11 is 5.80. The summed E-state index contributed by atoms with van der Waals surface area (Å²) < 4.78 is 24.1. The quantitative estimate of drug-likeness (QED) is 0.927. The fourth-order valence-electron chi connectivity index (χ4n) is 1.64. The maximum atomic E-state index is 14.1. The second-order valence-electron chi connectivity index (χ2n) is 3.61. The third kappa shape index (κ3) is 2.04. The molecule has 5 nitrogen and oxygen atoms in total. The topological polar surface area (TPSA) is 74.2 Å². The summed E-state index contributed by atoms with van der Waals surface area (Å²) in [6.07, 6.45) is 0. The predicted molar refractivity (Wildman–Crippen MR) is 63.9 cm³/mol. The fraction of sp³-hybridized carbons (Fsp3) is 0.273. The van der Waals surface area contributed by atoms with E-state index in [9.17, 15) is 4.39 Å².